The monoisotopic (exact) mass is 178 g/mol. The molecule has 0 aliphatic rings. The lowest BCUT2D eigenvalue weighted by atomic mass is 10.5. The van der Waals surface area contributed by atoms with Gasteiger partial charge >= 0.3 is 0 Å². The molecule has 2 nitrogen and oxygen atoms in total. The molecule has 0 amide bonds. The summed E-state index contributed by atoms with van der Waals surface area (Å²) in [6.07, 6.45) is 3.50. The summed E-state index contributed by atoms with van der Waals surface area (Å²) in [4.78, 5) is 3.78. The summed E-state index contributed by atoms with van der Waals surface area (Å²) in [6, 6.07) is 5.72. The summed E-state index contributed by atoms with van der Waals surface area (Å²) in [6.45, 7) is 3.50. The Balaban J connectivity index is -0.000000114. The Bertz CT molecular complexity index is 114. The highest BCUT2D eigenvalue weighted by Gasteiger charge is 1.58. The Kier molecular flexibility index (Phi) is 25.3. The quantitative estimate of drug-likeness (QED) is 0.611. The van der Waals surface area contributed by atoms with Crippen molar-refractivity contribution in [3.05, 3.63) is 30.6 Å². The standard InChI is InChI=1S/C5H5N.CHN.2ClH/c1-2-4-6-5-3-1;1-2;;/h1-5H;1H;2*1H. The van der Waals surface area contributed by atoms with Gasteiger partial charge in [-0.15, -0.1) is 24.8 Å². The van der Waals surface area contributed by atoms with E-state index in [-0.39, 0.29) is 24.8 Å². The van der Waals surface area contributed by atoms with Crippen LogP contribution < -0.4 is 0 Å². The van der Waals surface area contributed by atoms with Gasteiger partial charge < -0.3 is 0 Å². The maximum absolute atomic E-state index is 6.50. The van der Waals surface area contributed by atoms with Crippen molar-refractivity contribution in [3.8, 4) is 6.57 Å². The molecule has 0 aromatic carbocycles. The van der Waals surface area contributed by atoms with Gasteiger partial charge in [0, 0.05) is 19.0 Å². The normalized spacial score (nSPS) is 5.00. The highest BCUT2D eigenvalue weighted by atomic mass is 35.5. The molecule has 0 unspecified atom stereocenters. The first-order valence-electron chi connectivity index (χ1n) is 2.11. The Hall–Kier alpha value is -0.780. The van der Waals surface area contributed by atoms with Crippen LogP contribution in [0.1, 0.15) is 0 Å². The smallest absolute Gasteiger partial charge is 0.0462 e. The number of halogens is 2. The summed E-state index contributed by atoms with van der Waals surface area (Å²) in [5.41, 5.74) is 0. The molecule has 4 heteroatoms. The predicted octanol–water partition coefficient (Wildman–Crippen LogP) is 2.06. The topological polar surface area (TPSA) is 36.7 Å². The maximum atomic E-state index is 6.50. The maximum Gasteiger partial charge on any atom is 0.0462 e. The summed E-state index contributed by atoms with van der Waals surface area (Å²) in [5, 5.41) is 6.50. The molecule has 0 fully saturated rings. The van der Waals surface area contributed by atoms with E-state index in [4.69, 9.17) is 5.26 Å². The van der Waals surface area contributed by atoms with Gasteiger partial charge in [0.25, 0.3) is 0 Å². The van der Waals surface area contributed by atoms with Crippen LogP contribution in [0.3, 0.4) is 0 Å². The second kappa shape index (κ2) is 15.7. The Morgan fingerprint density at radius 1 is 0.900 bits per heavy atom. The molecule has 1 rings (SSSR count). The van der Waals surface area contributed by atoms with Gasteiger partial charge in [0.2, 0.25) is 0 Å². The van der Waals surface area contributed by atoms with Crippen molar-refractivity contribution in [1.29, 1.82) is 5.26 Å². The third-order valence-electron chi connectivity index (χ3n) is 0.566. The van der Waals surface area contributed by atoms with Gasteiger partial charge in [-0.25, -0.2) is 5.26 Å². The average Bonchev–Trinajstić information content (AvgIpc) is 1.96. The number of nitriles is 1. The molecule has 0 bridgehead atoms. The van der Waals surface area contributed by atoms with E-state index in [2.05, 4.69) is 11.6 Å². The van der Waals surface area contributed by atoms with Crippen molar-refractivity contribution in [2.45, 2.75) is 0 Å². The van der Waals surface area contributed by atoms with Crippen LogP contribution in [0.5, 0.6) is 0 Å². The van der Waals surface area contributed by atoms with Gasteiger partial charge in [-0.3, -0.25) is 4.98 Å². The highest BCUT2D eigenvalue weighted by Crippen LogP contribution is 1.73. The van der Waals surface area contributed by atoms with E-state index in [1.807, 2.05) is 18.2 Å². The molecular formula is C6H8Cl2N2. The number of rotatable bonds is 0. The van der Waals surface area contributed by atoms with E-state index in [0.717, 1.165) is 0 Å². The minimum absolute atomic E-state index is 0. The van der Waals surface area contributed by atoms with Crippen molar-refractivity contribution >= 4 is 24.8 Å². The Morgan fingerprint density at radius 3 is 1.40 bits per heavy atom. The lowest BCUT2D eigenvalue weighted by Crippen LogP contribution is -1.58. The minimum atomic E-state index is 0. The largest absolute Gasteiger partial charge is 0.265 e. The van der Waals surface area contributed by atoms with E-state index in [0.29, 0.717) is 0 Å². The lowest BCUT2D eigenvalue weighted by Gasteiger charge is -1.70. The number of aromatic nitrogens is 1. The highest BCUT2D eigenvalue weighted by molar-refractivity contribution is 5.85. The zero-order valence-corrected chi connectivity index (χ0v) is 6.81. The van der Waals surface area contributed by atoms with Crippen LogP contribution >= 0.6 is 24.8 Å². The average molecular weight is 179 g/mol. The first-order chi connectivity index (χ1) is 4.00. The molecule has 1 heterocycles. The van der Waals surface area contributed by atoms with Crippen molar-refractivity contribution in [2.75, 3.05) is 0 Å². The first kappa shape index (κ1) is 16.1. The van der Waals surface area contributed by atoms with Crippen LogP contribution in [0.4, 0.5) is 0 Å². The number of pyridine rings is 1. The van der Waals surface area contributed by atoms with Crippen LogP contribution in [0.15, 0.2) is 30.6 Å². The molecule has 10 heavy (non-hydrogen) atoms. The molecule has 56 valence electrons. The molecule has 1 aromatic rings. The van der Waals surface area contributed by atoms with Gasteiger partial charge in [-0.1, -0.05) is 6.07 Å². The predicted molar refractivity (Wildman–Crippen MR) is 45.4 cm³/mol. The third kappa shape index (κ3) is 10.3. The van der Waals surface area contributed by atoms with E-state index >= 15 is 0 Å². The van der Waals surface area contributed by atoms with E-state index < -0.39 is 0 Å². The molecule has 0 saturated heterocycles. The van der Waals surface area contributed by atoms with Crippen LogP contribution in [-0.2, 0) is 0 Å². The van der Waals surface area contributed by atoms with Gasteiger partial charge in [0.05, 0.1) is 0 Å². The van der Waals surface area contributed by atoms with Crippen LogP contribution in [-0.4, -0.2) is 4.98 Å². The zero-order chi connectivity index (χ0) is 6.24. The minimum Gasteiger partial charge on any atom is -0.265 e. The SMILES string of the molecule is C#N.Cl.Cl.c1ccncc1. The van der Waals surface area contributed by atoms with E-state index in [1.54, 1.807) is 12.4 Å². The fourth-order valence-electron chi connectivity index (χ4n) is 0.313. The fourth-order valence-corrected chi connectivity index (χ4v) is 0.313. The van der Waals surface area contributed by atoms with E-state index in [1.165, 1.54) is 0 Å². The molecule has 0 saturated carbocycles. The molecule has 0 aliphatic carbocycles. The van der Waals surface area contributed by atoms with E-state index in [9.17, 15) is 0 Å². The zero-order valence-electron chi connectivity index (χ0n) is 5.18. The lowest BCUT2D eigenvalue weighted by molar-refractivity contribution is 1.33. The van der Waals surface area contributed by atoms with Gasteiger partial charge in [0.1, 0.15) is 0 Å². The van der Waals surface area contributed by atoms with Crippen molar-refractivity contribution < 1.29 is 0 Å². The second-order valence-electron chi connectivity index (χ2n) is 1.02. The summed E-state index contributed by atoms with van der Waals surface area (Å²) in [5.74, 6) is 0. The van der Waals surface area contributed by atoms with Crippen LogP contribution in [0.2, 0.25) is 0 Å². The Labute approximate surface area is 72.7 Å². The van der Waals surface area contributed by atoms with Crippen molar-refractivity contribution in [2.24, 2.45) is 0 Å². The van der Waals surface area contributed by atoms with Crippen molar-refractivity contribution in [1.82, 2.24) is 4.98 Å². The van der Waals surface area contributed by atoms with Gasteiger partial charge in [0.15, 0.2) is 0 Å². The summed E-state index contributed by atoms with van der Waals surface area (Å²) >= 11 is 0. The first-order valence-corrected chi connectivity index (χ1v) is 2.11. The number of hydrogen-bond acceptors (Lipinski definition) is 2. The van der Waals surface area contributed by atoms with Crippen molar-refractivity contribution in [3.63, 3.8) is 0 Å². The molecule has 0 atom stereocenters. The number of hydrogen-bond donors (Lipinski definition) is 0. The molecule has 1 aromatic heterocycles. The van der Waals surface area contributed by atoms with Gasteiger partial charge in [-0.2, -0.15) is 0 Å². The van der Waals surface area contributed by atoms with Crippen LogP contribution in [0, 0.1) is 11.8 Å². The number of nitrogens with zero attached hydrogens (tertiary/aromatic N) is 2. The molecular weight excluding hydrogens is 171 g/mol. The molecule has 0 N–H and O–H groups in total. The Morgan fingerprint density at radius 2 is 1.30 bits per heavy atom. The summed E-state index contributed by atoms with van der Waals surface area (Å²) in [7, 11) is 0. The molecule has 0 aliphatic heterocycles. The summed E-state index contributed by atoms with van der Waals surface area (Å²) < 4.78 is 0. The second-order valence-corrected chi connectivity index (χ2v) is 1.02. The molecule has 0 radical (unpaired) electrons. The molecule has 0 spiro atoms. The fraction of sp³-hybridized carbons (Fsp3) is 0. The van der Waals surface area contributed by atoms with Crippen LogP contribution in [0.25, 0.3) is 0 Å². The third-order valence-corrected chi connectivity index (χ3v) is 0.566. The van der Waals surface area contributed by atoms with Gasteiger partial charge in [-0.05, 0) is 12.1 Å².